The van der Waals surface area contributed by atoms with Gasteiger partial charge in [0.25, 0.3) is 11.8 Å². The molecule has 0 spiro atoms. The van der Waals surface area contributed by atoms with Crippen LogP contribution in [0.3, 0.4) is 0 Å². The van der Waals surface area contributed by atoms with Crippen molar-refractivity contribution >= 4 is 35.1 Å². The van der Waals surface area contributed by atoms with E-state index >= 15 is 0 Å². The molecule has 9 heteroatoms. The van der Waals surface area contributed by atoms with Gasteiger partial charge < -0.3 is 19.7 Å². The second-order valence-electron chi connectivity index (χ2n) is 7.46. The number of methoxy groups -OCH3 is 1. The summed E-state index contributed by atoms with van der Waals surface area (Å²) >= 11 is 6.01. The van der Waals surface area contributed by atoms with Crippen molar-refractivity contribution in [3.8, 4) is 11.8 Å². The molecule has 174 valence electrons. The minimum atomic E-state index is -0.953. The van der Waals surface area contributed by atoms with Crippen LogP contribution in [0.2, 0.25) is 5.02 Å². The Morgan fingerprint density at radius 3 is 2.42 bits per heavy atom. The lowest BCUT2D eigenvalue weighted by Crippen LogP contribution is -2.46. The molecule has 0 radical (unpaired) electrons. The van der Waals surface area contributed by atoms with Crippen molar-refractivity contribution in [2.45, 2.75) is 26.3 Å². The van der Waals surface area contributed by atoms with Crippen LogP contribution in [0, 0.1) is 17.2 Å². The lowest BCUT2D eigenvalue weighted by Gasteiger charge is -2.24. The van der Waals surface area contributed by atoms with Crippen LogP contribution in [-0.2, 0) is 14.3 Å². The SMILES string of the molecule is COc1ccc(C(=O)NC(C(=O)OCC(=O)N(CCC#N)c2cccc(Cl)c2)C(C)C)cc1. The molecule has 0 bridgehead atoms. The molecule has 0 saturated heterocycles. The van der Waals surface area contributed by atoms with Crippen LogP contribution >= 0.6 is 11.6 Å². The summed E-state index contributed by atoms with van der Waals surface area (Å²) in [7, 11) is 1.52. The molecule has 0 aliphatic rings. The van der Waals surface area contributed by atoms with Crippen molar-refractivity contribution in [1.82, 2.24) is 5.32 Å². The first-order chi connectivity index (χ1) is 15.8. The third-order valence-electron chi connectivity index (χ3n) is 4.77. The van der Waals surface area contributed by atoms with Crippen LogP contribution in [0.4, 0.5) is 5.69 Å². The number of carbonyl (C=O) groups excluding carboxylic acids is 3. The van der Waals surface area contributed by atoms with Gasteiger partial charge >= 0.3 is 5.97 Å². The Balaban J connectivity index is 2.05. The van der Waals surface area contributed by atoms with Gasteiger partial charge in [0, 0.05) is 22.8 Å². The molecule has 1 N–H and O–H groups in total. The van der Waals surface area contributed by atoms with E-state index in [4.69, 9.17) is 26.3 Å². The summed E-state index contributed by atoms with van der Waals surface area (Å²) in [6.45, 7) is 3.09. The quantitative estimate of drug-likeness (QED) is 0.530. The molecule has 0 fully saturated rings. The zero-order valence-corrected chi connectivity index (χ0v) is 19.5. The standard InChI is InChI=1S/C24H26ClN3O5/c1-16(2)22(27-23(30)17-8-10-20(32-3)11-9-17)24(31)33-15-21(29)28(13-5-12-26)19-7-4-6-18(25)14-19/h4,6-11,14,16,22H,5,13,15H2,1-3H3,(H,27,30). The summed E-state index contributed by atoms with van der Waals surface area (Å²) < 4.78 is 10.3. The smallest absolute Gasteiger partial charge is 0.329 e. The monoisotopic (exact) mass is 471 g/mol. The van der Waals surface area contributed by atoms with Gasteiger partial charge in [-0.3, -0.25) is 9.59 Å². The first kappa shape index (κ1) is 25.7. The van der Waals surface area contributed by atoms with E-state index in [1.54, 1.807) is 62.4 Å². The van der Waals surface area contributed by atoms with E-state index in [1.165, 1.54) is 12.0 Å². The summed E-state index contributed by atoms with van der Waals surface area (Å²) in [6.07, 6.45) is 0.0960. The third-order valence-corrected chi connectivity index (χ3v) is 5.00. The predicted octanol–water partition coefficient (Wildman–Crippen LogP) is 3.59. The van der Waals surface area contributed by atoms with Crippen molar-refractivity contribution in [1.29, 1.82) is 5.26 Å². The summed E-state index contributed by atoms with van der Waals surface area (Å²) in [5, 5.41) is 12.0. The van der Waals surface area contributed by atoms with E-state index in [0.29, 0.717) is 22.0 Å². The number of hydrogen-bond acceptors (Lipinski definition) is 6. The number of nitrogens with zero attached hydrogens (tertiary/aromatic N) is 2. The van der Waals surface area contributed by atoms with Crippen LogP contribution in [0.25, 0.3) is 0 Å². The fourth-order valence-corrected chi connectivity index (χ4v) is 3.15. The highest BCUT2D eigenvalue weighted by molar-refractivity contribution is 6.30. The topological polar surface area (TPSA) is 109 Å². The summed E-state index contributed by atoms with van der Waals surface area (Å²) in [5.41, 5.74) is 0.848. The van der Waals surface area contributed by atoms with Gasteiger partial charge in [0.1, 0.15) is 11.8 Å². The molecular formula is C24H26ClN3O5. The molecule has 0 aliphatic heterocycles. The normalized spacial score (nSPS) is 11.3. The molecule has 1 atom stereocenters. The van der Waals surface area contributed by atoms with Gasteiger partial charge in [0.05, 0.1) is 19.6 Å². The first-order valence-electron chi connectivity index (χ1n) is 10.3. The highest BCUT2D eigenvalue weighted by atomic mass is 35.5. The lowest BCUT2D eigenvalue weighted by molar-refractivity contribution is -0.150. The molecule has 2 amide bonds. The number of rotatable bonds is 10. The van der Waals surface area contributed by atoms with Crippen molar-refractivity contribution in [2.24, 2.45) is 5.92 Å². The third kappa shape index (κ3) is 7.51. The van der Waals surface area contributed by atoms with Crippen LogP contribution < -0.4 is 15.0 Å². The molecule has 0 saturated carbocycles. The van der Waals surface area contributed by atoms with Crippen molar-refractivity contribution in [3.63, 3.8) is 0 Å². The fourth-order valence-electron chi connectivity index (χ4n) is 2.97. The molecule has 8 nitrogen and oxygen atoms in total. The molecular weight excluding hydrogens is 446 g/mol. The van der Waals surface area contributed by atoms with Crippen molar-refractivity contribution < 1.29 is 23.9 Å². The fraction of sp³-hybridized carbons (Fsp3) is 0.333. The molecule has 0 aromatic heterocycles. The van der Waals surface area contributed by atoms with Gasteiger partial charge in [-0.1, -0.05) is 31.5 Å². The highest BCUT2D eigenvalue weighted by Crippen LogP contribution is 2.20. The second-order valence-corrected chi connectivity index (χ2v) is 7.90. The van der Waals surface area contributed by atoms with Crippen LogP contribution in [-0.4, -0.2) is 44.1 Å². The number of nitrogens with one attached hydrogen (secondary N) is 1. The predicted molar refractivity (Wildman–Crippen MR) is 124 cm³/mol. The maximum absolute atomic E-state index is 12.8. The van der Waals surface area contributed by atoms with E-state index < -0.39 is 30.4 Å². The Kier molecular flexibility index (Phi) is 9.70. The summed E-state index contributed by atoms with van der Waals surface area (Å²) in [5.74, 6) is -1.37. The molecule has 0 heterocycles. The Hall–Kier alpha value is -3.57. The maximum Gasteiger partial charge on any atom is 0.329 e. The van der Waals surface area contributed by atoms with Gasteiger partial charge in [-0.2, -0.15) is 5.26 Å². The molecule has 2 aromatic rings. The number of ether oxygens (including phenoxy) is 2. The van der Waals surface area contributed by atoms with Crippen LogP contribution in [0.5, 0.6) is 5.75 Å². The molecule has 2 aromatic carbocycles. The zero-order chi connectivity index (χ0) is 24.4. The van der Waals surface area contributed by atoms with E-state index in [0.717, 1.165) is 0 Å². The van der Waals surface area contributed by atoms with Crippen LogP contribution in [0.1, 0.15) is 30.6 Å². The van der Waals surface area contributed by atoms with Gasteiger partial charge in [0.15, 0.2) is 6.61 Å². The maximum atomic E-state index is 12.8. The van der Waals surface area contributed by atoms with Crippen molar-refractivity contribution in [3.05, 3.63) is 59.1 Å². The Bertz CT molecular complexity index is 1020. The van der Waals surface area contributed by atoms with E-state index in [2.05, 4.69) is 5.32 Å². The number of anilines is 1. The average molecular weight is 472 g/mol. The molecule has 33 heavy (non-hydrogen) atoms. The minimum Gasteiger partial charge on any atom is -0.497 e. The molecule has 1 unspecified atom stereocenters. The van der Waals surface area contributed by atoms with Gasteiger partial charge in [-0.25, -0.2) is 4.79 Å². The summed E-state index contributed by atoms with van der Waals surface area (Å²) in [4.78, 5) is 39.3. The molecule has 0 aliphatic carbocycles. The van der Waals surface area contributed by atoms with Gasteiger partial charge in [-0.05, 0) is 48.4 Å². The number of carbonyl (C=O) groups is 3. The van der Waals surface area contributed by atoms with Gasteiger partial charge in [0.2, 0.25) is 0 Å². The molecule has 2 rings (SSSR count). The van der Waals surface area contributed by atoms with E-state index in [9.17, 15) is 14.4 Å². The van der Waals surface area contributed by atoms with E-state index in [-0.39, 0.29) is 18.9 Å². The number of halogens is 1. The van der Waals surface area contributed by atoms with Gasteiger partial charge in [-0.15, -0.1) is 0 Å². The average Bonchev–Trinajstić information content (AvgIpc) is 2.81. The van der Waals surface area contributed by atoms with Crippen LogP contribution in [0.15, 0.2) is 48.5 Å². The first-order valence-corrected chi connectivity index (χ1v) is 10.7. The number of hydrogen-bond donors (Lipinski definition) is 1. The number of nitriles is 1. The Labute approximate surface area is 198 Å². The summed E-state index contributed by atoms with van der Waals surface area (Å²) in [6, 6.07) is 14.1. The Morgan fingerprint density at radius 1 is 1.15 bits per heavy atom. The minimum absolute atomic E-state index is 0.0960. The van der Waals surface area contributed by atoms with Crippen molar-refractivity contribution in [2.75, 3.05) is 25.2 Å². The number of amides is 2. The number of benzene rings is 2. The zero-order valence-electron chi connectivity index (χ0n) is 18.7. The second kappa shape index (κ2) is 12.5. The number of esters is 1. The largest absolute Gasteiger partial charge is 0.497 e. The Morgan fingerprint density at radius 2 is 1.85 bits per heavy atom. The van der Waals surface area contributed by atoms with E-state index in [1.807, 2.05) is 6.07 Å². The highest BCUT2D eigenvalue weighted by Gasteiger charge is 2.28. The lowest BCUT2D eigenvalue weighted by atomic mass is 10.0.